The van der Waals surface area contributed by atoms with Crippen molar-refractivity contribution in [2.75, 3.05) is 32.2 Å². The van der Waals surface area contributed by atoms with Crippen molar-refractivity contribution < 1.29 is 14.3 Å². The van der Waals surface area contributed by atoms with E-state index in [2.05, 4.69) is 24.5 Å². The van der Waals surface area contributed by atoms with Crippen LogP contribution in [0.1, 0.15) is 13.8 Å². The molecule has 1 aromatic rings. The number of anilines is 1. The van der Waals surface area contributed by atoms with E-state index in [1.807, 2.05) is 0 Å². The van der Waals surface area contributed by atoms with Crippen LogP contribution in [0.15, 0.2) is 24.3 Å². The first kappa shape index (κ1) is 15.5. The molecular formula is C14H22N2O3. The van der Waals surface area contributed by atoms with Gasteiger partial charge in [-0.05, 0) is 24.3 Å². The van der Waals surface area contributed by atoms with Crippen LogP contribution >= 0.6 is 0 Å². The lowest BCUT2D eigenvalue weighted by molar-refractivity contribution is -0.120. The van der Waals surface area contributed by atoms with Crippen molar-refractivity contribution >= 4 is 11.6 Å². The predicted octanol–water partition coefficient (Wildman–Crippen LogP) is 1.65. The fourth-order valence-corrected chi connectivity index (χ4v) is 1.46. The Labute approximate surface area is 114 Å². The second kappa shape index (κ2) is 8.50. The van der Waals surface area contributed by atoms with E-state index in [0.29, 0.717) is 12.6 Å². The van der Waals surface area contributed by atoms with Gasteiger partial charge in [0.25, 0.3) is 0 Å². The maximum atomic E-state index is 11.6. The number of hydrogen-bond acceptors (Lipinski definition) is 4. The highest BCUT2D eigenvalue weighted by Gasteiger charge is 2.02. The standard InChI is InChI=1S/C14H22N2O3/c1-11(2)15-8-9-19-10-14(17)16-12-4-6-13(18-3)7-5-12/h4-7,11,15H,8-10H2,1-3H3,(H,16,17). The number of methoxy groups -OCH3 is 1. The third-order valence-electron chi connectivity index (χ3n) is 2.41. The van der Waals surface area contributed by atoms with Gasteiger partial charge in [-0.2, -0.15) is 0 Å². The first-order valence-electron chi connectivity index (χ1n) is 6.37. The molecule has 2 N–H and O–H groups in total. The summed E-state index contributed by atoms with van der Waals surface area (Å²) in [5, 5.41) is 5.96. The summed E-state index contributed by atoms with van der Waals surface area (Å²) in [5.41, 5.74) is 0.731. The molecule has 0 saturated heterocycles. The van der Waals surface area contributed by atoms with Gasteiger partial charge in [-0.1, -0.05) is 13.8 Å². The smallest absolute Gasteiger partial charge is 0.250 e. The van der Waals surface area contributed by atoms with Crippen molar-refractivity contribution in [2.24, 2.45) is 0 Å². The molecule has 1 aromatic carbocycles. The van der Waals surface area contributed by atoms with Gasteiger partial charge in [-0.3, -0.25) is 4.79 Å². The van der Waals surface area contributed by atoms with Gasteiger partial charge in [-0.15, -0.1) is 0 Å². The Bertz CT molecular complexity index is 377. The molecule has 106 valence electrons. The predicted molar refractivity (Wildman–Crippen MR) is 75.6 cm³/mol. The zero-order valence-corrected chi connectivity index (χ0v) is 11.7. The second-order valence-electron chi connectivity index (χ2n) is 4.44. The molecule has 0 aliphatic carbocycles. The molecule has 0 unspecified atom stereocenters. The summed E-state index contributed by atoms with van der Waals surface area (Å²) in [6.07, 6.45) is 0. The lowest BCUT2D eigenvalue weighted by Crippen LogP contribution is -2.28. The number of carbonyl (C=O) groups excluding carboxylic acids is 1. The Morgan fingerprint density at radius 1 is 1.26 bits per heavy atom. The largest absolute Gasteiger partial charge is 0.497 e. The zero-order valence-electron chi connectivity index (χ0n) is 11.7. The SMILES string of the molecule is COc1ccc(NC(=O)COCCNC(C)C)cc1. The van der Waals surface area contributed by atoms with Crippen molar-refractivity contribution in [1.82, 2.24) is 5.32 Å². The summed E-state index contributed by atoms with van der Waals surface area (Å²) >= 11 is 0. The van der Waals surface area contributed by atoms with Crippen molar-refractivity contribution in [3.63, 3.8) is 0 Å². The molecule has 0 bridgehead atoms. The van der Waals surface area contributed by atoms with Gasteiger partial charge in [0.15, 0.2) is 0 Å². The van der Waals surface area contributed by atoms with Crippen molar-refractivity contribution in [3.8, 4) is 5.75 Å². The molecule has 1 rings (SSSR count). The Balaban J connectivity index is 2.19. The van der Waals surface area contributed by atoms with Crippen LogP contribution in [-0.2, 0) is 9.53 Å². The number of carbonyl (C=O) groups is 1. The van der Waals surface area contributed by atoms with E-state index in [0.717, 1.165) is 18.0 Å². The molecule has 0 fully saturated rings. The Morgan fingerprint density at radius 2 is 1.95 bits per heavy atom. The van der Waals surface area contributed by atoms with Gasteiger partial charge in [0, 0.05) is 18.3 Å². The van der Waals surface area contributed by atoms with Crippen LogP contribution in [0, 0.1) is 0 Å². The van der Waals surface area contributed by atoms with Crippen LogP contribution in [0.2, 0.25) is 0 Å². The minimum atomic E-state index is -0.158. The summed E-state index contributed by atoms with van der Waals surface area (Å²) in [5.74, 6) is 0.601. The molecule has 0 heterocycles. The fourth-order valence-electron chi connectivity index (χ4n) is 1.46. The van der Waals surface area contributed by atoms with Crippen molar-refractivity contribution in [1.29, 1.82) is 0 Å². The highest BCUT2D eigenvalue weighted by Crippen LogP contribution is 2.14. The van der Waals surface area contributed by atoms with Gasteiger partial charge in [0.05, 0.1) is 13.7 Å². The molecule has 5 nitrogen and oxygen atoms in total. The molecule has 0 aliphatic heterocycles. The Morgan fingerprint density at radius 3 is 2.53 bits per heavy atom. The number of ether oxygens (including phenoxy) is 2. The van der Waals surface area contributed by atoms with E-state index in [9.17, 15) is 4.79 Å². The summed E-state index contributed by atoms with van der Waals surface area (Å²) in [6.45, 7) is 5.46. The van der Waals surface area contributed by atoms with Crippen LogP contribution in [0.4, 0.5) is 5.69 Å². The molecule has 0 spiro atoms. The quantitative estimate of drug-likeness (QED) is 0.702. The number of nitrogens with one attached hydrogen (secondary N) is 2. The Kier molecular flexibility index (Phi) is 6.92. The number of hydrogen-bond donors (Lipinski definition) is 2. The normalized spacial score (nSPS) is 10.5. The van der Waals surface area contributed by atoms with E-state index in [1.165, 1.54) is 0 Å². The van der Waals surface area contributed by atoms with Crippen LogP contribution in [0.25, 0.3) is 0 Å². The van der Waals surface area contributed by atoms with Crippen LogP contribution in [0.5, 0.6) is 5.75 Å². The first-order chi connectivity index (χ1) is 9.11. The number of benzene rings is 1. The average molecular weight is 266 g/mol. The summed E-state index contributed by atoms with van der Waals surface area (Å²) in [4.78, 5) is 11.6. The van der Waals surface area contributed by atoms with E-state index in [-0.39, 0.29) is 12.5 Å². The van der Waals surface area contributed by atoms with E-state index in [1.54, 1.807) is 31.4 Å². The lowest BCUT2D eigenvalue weighted by Gasteiger charge is -2.09. The summed E-state index contributed by atoms with van der Waals surface area (Å²) in [6, 6.07) is 7.59. The maximum absolute atomic E-state index is 11.6. The maximum Gasteiger partial charge on any atom is 0.250 e. The minimum Gasteiger partial charge on any atom is -0.497 e. The number of rotatable bonds is 8. The summed E-state index contributed by atoms with van der Waals surface area (Å²) in [7, 11) is 1.60. The molecule has 5 heteroatoms. The van der Waals surface area contributed by atoms with E-state index >= 15 is 0 Å². The topological polar surface area (TPSA) is 59.6 Å². The van der Waals surface area contributed by atoms with Crippen molar-refractivity contribution in [2.45, 2.75) is 19.9 Å². The lowest BCUT2D eigenvalue weighted by atomic mass is 10.3. The molecule has 1 amide bonds. The van der Waals surface area contributed by atoms with E-state index < -0.39 is 0 Å². The third kappa shape index (κ3) is 6.79. The highest BCUT2D eigenvalue weighted by atomic mass is 16.5. The summed E-state index contributed by atoms with van der Waals surface area (Å²) < 4.78 is 10.3. The monoisotopic (exact) mass is 266 g/mol. The third-order valence-corrected chi connectivity index (χ3v) is 2.41. The minimum absolute atomic E-state index is 0.0613. The molecular weight excluding hydrogens is 244 g/mol. The van der Waals surface area contributed by atoms with Gasteiger partial charge in [-0.25, -0.2) is 0 Å². The van der Waals surface area contributed by atoms with Crippen LogP contribution in [0.3, 0.4) is 0 Å². The molecule has 0 aliphatic rings. The highest BCUT2D eigenvalue weighted by molar-refractivity contribution is 5.91. The molecule has 0 radical (unpaired) electrons. The van der Waals surface area contributed by atoms with Crippen LogP contribution in [-0.4, -0.2) is 38.8 Å². The molecule has 0 saturated carbocycles. The van der Waals surface area contributed by atoms with Gasteiger partial charge in [0.2, 0.25) is 5.91 Å². The molecule has 19 heavy (non-hydrogen) atoms. The zero-order chi connectivity index (χ0) is 14.1. The van der Waals surface area contributed by atoms with Crippen LogP contribution < -0.4 is 15.4 Å². The van der Waals surface area contributed by atoms with E-state index in [4.69, 9.17) is 9.47 Å². The van der Waals surface area contributed by atoms with Gasteiger partial charge >= 0.3 is 0 Å². The molecule has 0 aromatic heterocycles. The Hall–Kier alpha value is -1.59. The van der Waals surface area contributed by atoms with Gasteiger partial charge in [0.1, 0.15) is 12.4 Å². The second-order valence-corrected chi connectivity index (χ2v) is 4.44. The number of amides is 1. The van der Waals surface area contributed by atoms with Gasteiger partial charge < -0.3 is 20.1 Å². The van der Waals surface area contributed by atoms with Crippen molar-refractivity contribution in [3.05, 3.63) is 24.3 Å². The molecule has 0 atom stereocenters. The average Bonchev–Trinajstić information content (AvgIpc) is 2.39. The fraction of sp³-hybridized carbons (Fsp3) is 0.500. The first-order valence-corrected chi connectivity index (χ1v) is 6.37.